The quantitative estimate of drug-likeness (QED) is 0.647. The van der Waals surface area contributed by atoms with Crippen LogP contribution < -0.4 is 10.1 Å². The minimum absolute atomic E-state index is 0.0153. The fraction of sp³-hybridized carbons (Fsp3) is 0.250. The van der Waals surface area contributed by atoms with Crippen LogP contribution in [0.5, 0.6) is 5.75 Å². The van der Waals surface area contributed by atoms with Gasteiger partial charge in [-0.3, -0.25) is 10.1 Å². The number of nitro groups is 1. The molecule has 0 saturated carbocycles. The summed E-state index contributed by atoms with van der Waals surface area (Å²) in [5, 5.41) is 13.6. The maximum absolute atomic E-state index is 13.8. The number of anilines is 1. The molecule has 0 aliphatic rings. The van der Waals surface area contributed by atoms with Gasteiger partial charge in [-0.25, -0.2) is 9.37 Å². The molecular weight excluding hydrogens is 267 g/mol. The van der Waals surface area contributed by atoms with Crippen LogP contribution in [-0.2, 0) is 6.54 Å². The number of nitro benzene ring substituents is 1. The number of ether oxygens (including phenoxy) is 1. The third-order valence-corrected chi connectivity index (χ3v) is 2.71. The molecule has 0 fully saturated rings. The standard InChI is InChI=1S/C12H13FN4O3/c1-20-12-7-10(9(13)6-11(12)17(18)19)15-3-5-16-4-2-14-8-16/h2,4,6-8,15H,3,5H2,1H3. The van der Waals surface area contributed by atoms with Gasteiger partial charge >= 0.3 is 5.69 Å². The van der Waals surface area contributed by atoms with Crippen LogP contribution in [0.1, 0.15) is 0 Å². The number of rotatable bonds is 6. The Balaban J connectivity index is 2.09. The first-order valence-electron chi connectivity index (χ1n) is 5.83. The van der Waals surface area contributed by atoms with Gasteiger partial charge in [0.2, 0.25) is 0 Å². The predicted octanol–water partition coefficient (Wildman–Crippen LogP) is 2.05. The number of hydrogen-bond donors (Lipinski definition) is 1. The van der Waals surface area contributed by atoms with Crippen molar-refractivity contribution in [1.82, 2.24) is 9.55 Å². The monoisotopic (exact) mass is 280 g/mol. The lowest BCUT2D eigenvalue weighted by Gasteiger charge is -2.10. The van der Waals surface area contributed by atoms with Gasteiger partial charge in [0.05, 0.1) is 30.1 Å². The van der Waals surface area contributed by atoms with Gasteiger partial charge in [-0.15, -0.1) is 0 Å². The second-order valence-electron chi connectivity index (χ2n) is 3.99. The van der Waals surface area contributed by atoms with E-state index in [1.54, 1.807) is 18.7 Å². The van der Waals surface area contributed by atoms with Gasteiger partial charge in [0.25, 0.3) is 0 Å². The van der Waals surface area contributed by atoms with Crippen molar-refractivity contribution in [3.63, 3.8) is 0 Å². The molecule has 0 aliphatic carbocycles. The number of nitrogens with one attached hydrogen (secondary N) is 1. The molecule has 1 N–H and O–H groups in total. The van der Waals surface area contributed by atoms with Crippen LogP contribution in [0.4, 0.5) is 15.8 Å². The van der Waals surface area contributed by atoms with E-state index in [1.807, 2.05) is 4.57 Å². The molecule has 0 spiro atoms. The van der Waals surface area contributed by atoms with E-state index in [2.05, 4.69) is 10.3 Å². The molecule has 7 nitrogen and oxygen atoms in total. The van der Waals surface area contributed by atoms with Gasteiger partial charge < -0.3 is 14.6 Å². The highest BCUT2D eigenvalue weighted by Gasteiger charge is 2.18. The molecule has 0 bridgehead atoms. The Bertz CT molecular complexity index is 601. The highest BCUT2D eigenvalue weighted by Crippen LogP contribution is 2.32. The van der Waals surface area contributed by atoms with Crippen LogP contribution >= 0.6 is 0 Å². The van der Waals surface area contributed by atoms with Crippen LogP contribution in [0.3, 0.4) is 0 Å². The molecule has 0 aliphatic heterocycles. The number of benzene rings is 1. The van der Waals surface area contributed by atoms with Crippen molar-refractivity contribution in [1.29, 1.82) is 0 Å². The molecular formula is C12H13FN4O3. The third kappa shape index (κ3) is 3.02. The van der Waals surface area contributed by atoms with E-state index in [4.69, 9.17) is 4.74 Å². The Hall–Kier alpha value is -2.64. The molecule has 1 aromatic carbocycles. The molecule has 1 aromatic heterocycles. The second kappa shape index (κ2) is 6.00. The van der Waals surface area contributed by atoms with Crippen molar-refractivity contribution in [2.75, 3.05) is 19.0 Å². The summed E-state index contributed by atoms with van der Waals surface area (Å²) in [4.78, 5) is 13.9. The number of halogens is 1. The van der Waals surface area contributed by atoms with Crippen molar-refractivity contribution in [3.05, 3.63) is 46.8 Å². The summed E-state index contributed by atoms with van der Waals surface area (Å²) in [7, 11) is 1.30. The minimum atomic E-state index is -0.692. The molecule has 0 atom stereocenters. The fourth-order valence-electron chi connectivity index (χ4n) is 1.72. The first-order chi connectivity index (χ1) is 9.61. The normalized spacial score (nSPS) is 10.3. The van der Waals surface area contributed by atoms with Crippen molar-refractivity contribution >= 4 is 11.4 Å². The maximum atomic E-state index is 13.8. The van der Waals surface area contributed by atoms with Crippen LogP contribution in [0, 0.1) is 15.9 Å². The maximum Gasteiger partial charge on any atom is 0.313 e. The van der Waals surface area contributed by atoms with Crippen LogP contribution in [0.2, 0.25) is 0 Å². The minimum Gasteiger partial charge on any atom is -0.490 e. The van der Waals surface area contributed by atoms with E-state index in [0.717, 1.165) is 6.07 Å². The van der Waals surface area contributed by atoms with Gasteiger partial charge in [-0.2, -0.15) is 0 Å². The summed E-state index contributed by atoms with van der Waals surface area (Å²) in [5.74, 6) is -0.676. The number of aromatic nitrogens is 2. The van der Waals surface area contributed by atoms with Gasteiger partial charge in [0.1, 0.15) is 0 Å². The number of imidazole rings is 1. The van der Waals surface area contributed by atoms with E-state index < -0.39 is 16.4 Å². The zero-order valence-electron chi connectivity index (χ0n) is 10.7. The molecule has 0 saturated heterocycles. The lowest BCUT2D eigenvalue weighted by atomic mass is 10.2. The summed E-state index contributed by atoms with van der Waals surface area (Å²) in [6.07, 6.45) is 5.08. The van der Waals surface area contributed by atoms with Crippen LogP contribution in [0.25, 0.3) is 0 Å². The van der Waals surface area contributed by atoms with Crippen LogP contribution in [-0.4, -0.2) is 28.1 Å². The predicted molar refractivity (Wildman–Crippen MR) is 70.3 cm³/mol. The zero-order valence-corrected chi connectivity index (χ0v) is 10.7. The molecule has 2 rings (SSSR count). The van der Waals surface area contributed by atoms with Gasteiger partial charge in [0.15, 0.2) is 11.6 Å². The Morgan fingerprint density at radius 2 is 2.35 bits per heavy atom. The lowest BCUT2D eigenvalue weighted by molar-refractivity contribution is -0.385. The van der Waals surface area contributed by atoms with E-state index in [-0.39, 0.29) is 11.4 Å². The largest absolute Gasteiger partial charge is 0.490 e. The smallest absolute Gasteiger partial charge is 0.313 e. The summed E-state index contributed by atoms with van der Waals surface area (Å²) in [5.41, 5.74) is -0.238. The summed E-state index contributed by atoms with van der Waals surface area (Å²) in [6.45, 7) is 1.05. The molecule has 8 heteroatoms. The highest BCUT2D eigenvalue weighted by molar-refractivity contribution is 5.59. The second-order valence-corrected chi connectivity index (χ2v) is 3.99. The van der Waals surface area contributed by atoms with E-state index in [9.17, 15) is 14.5 Å². The lowest BCUT2D eigenvalue weighted by Crippen LogP contribution is -2.10. The van der Waals surface area contributed by atoms with E-state index in [0.29, 0.717) is 13.1 Å². The van der Waals surface area contributed by atoms with Crippen LogP contribution in [0.15, 0.2) is 30.9 Å². The molecule has 0 unspecified atom stereocenters. The first kappa shape index (κ1) is 13.8. The van der Waals surface area contributed by atoms with Gasteiger partial charge in [-0.05, 0) is 0 Å². The number of hydrogen-bond acceptors (Lipinski definition) is 5. The van der Waals surface area contributed by atoms with Crippen molar-refractivity contribution in [3.8, 4) is 5.75 Å². The van der Waals surface area contributed by atoms with Gasteiger partial charge in [-0.1, -0.05) is 0 Å². The summed E-state index contributed by atoms with van der Waals surface area (Å²) >= 11 is 0. The summed E-state index contributed by atoms with van der Waals surface area (Å²) in [6, 6.07) is 2.12. The molecule has 0 amide bonds. The average Bonchev–Trinajstić information content (AvgIpc) is 2.93. The molecule has 0 radical (unpaired) electrons. The zero-order chi connectivity index (χ0) is 14.5. The number of nitrogens with zero attached hydrogens (tertiary/aromatic N) is 3. The van der Waals surface area contributed by atoms with Crippen molar-refractivity contribution in [2.24, 2.45) is 0 Å². The Morgan fingerprint density at radius 3 is 2.95 bits per heavy atom. The Kier molecular flexibility index (Phi) is 4.14. The van der Waals surface area contributed by atoms with E-state index in [1.165, 1.54) is 13.2 Å². The Labute approximate surface area is 114 Å². The topological polar surface area (TPSA) is 82.2 Å². The van der Waals surface area contributed by atoms with Crippen molar-refractivity contribution < 1.29 is 14.1 Å². The highest BCUT2D eigenvalue weighted by atomic mass is 19.1. The summed E-state index contributed by atoms with van der Waals surface area (Å²) < 4.78 is 20.5. The van der Waals surface area contributed by atoms with E-state index >= 15 is 0 Å². The first-order valence-corrected chi connectivity index (χ1v) is 5.83. The molecule has 20 heavy (non-hydrogen) atoms. The molecule has 1 heterocycles. The molecule has 106 valence electrons. The number of methoxy groups -OCH3 is 1. The average molecular weight is 280 g/mol. The fourth-order valence-corrected chi connectivity index (χ4v) is 1.72. The molecule has 2 aromatic rings. The third-order valence-electron chi connectivity index (χ3n) is 2.71. The van der Waals surface area contributed by atoms with Crippen molar-refractivity contribution in [2.45, 2.75) is 6.54 Å². The Morgan fingerprint density at radius 1 is 1.55 bits per heavy atom. The SMILES string of the molecule is COc1cc(NCCn2ccnc2)c(F)cc1[N+](=O)[O-]. The van der Waals surface area contributed by atoms with Gasteiger partial charge in [0, 0.05) is 31.5 Å².